The van der Waals surface area contributed by atoms with Crippen LogP contribution in [0.5, 0.6) is 0 Å². The number of hydrogen-bond donors (Lipinski definition) is 0. The Morgan fingerprint density at radius 1 is 1.35 bits per heavy atom. The number of ketones is 1. The molecule has 0 unspecified atom stereocenters. The molecule has 0 saturated heterocycles. The fourth-order valence-corrected chi connectivity index (χ4v) is 2.35. The molecule has 1 aromatic carbocycles. The number of Topliss-reactive ketones (excluding diaryl/α,β-unsaturated/α-hetero) is 1. The molecule has 1 heterocycles. The Kier molecular flexibility index (Phi) is 3.30. The third-order valence-corrected chi connectivity index (χ3v) is 3.25. The summed E-state index contributed by atoms with van der Waals surface area (Å²) in [6.45, 7) is 2.20. The van der Waals surface area contributed by atoms with E-state index in [0.29, 0.717) is 28.7 Å². The molecule has 0 N–H and O–H groups in total. The van der Waals surface area contributed by atoms with Crippen LogP contribution >= 0.6 is 15.9 Å². The lowest BCUT2D eigenvalue weighted by Crippen LogP contribution is -2.30. The highest BCUT2D eigenvalue weighted by molar-refractivity contribution is 9.10. The highest BCUT2D eigenvalue weighted by Crippen LogP contribution is 2.34. The second-order valence-corrected chi connectivity index (χ2v) is 4.45. The van der Waals surface area contributed by atoms with Crippen molar-refractivity contribution in [3.8, 4) is 11.8 Å². The van der Waals surface area contributed by atoms with Crippen molar-refractivity contribution in [2.45, 2.75) is 13.3 Å². The van der Waals surface area contributed by atoms with Crippen LogP contribution < -0.4 is 4.90 Å². The van der Waals surface area contributed by atoms with Crippen molar-refractivity contribution < 1.29 is 9.59 Å². The van der Waals surface area contributed by atoms with Gasteiger partial charge in [0.25, 0.3) is 11.7 Å². The second-order valence-electron chi connectivity index (χ2n) is 3.60. The molecule has 2 rings (SSSR count). The number of carbonyl (C=O) groups excluding carboxylic acids is 2. The van der Waals surface area contributed by atoms with Gasteiger partial charge >= 0.3 is 0 Å². The van der Waals surface area contributed by atoms with E-state index < -0.39 is 11.7 Å². The lowest BCUT2D eigenvalue weighted by Gasteiger charge is -2.14. The zero-order chi connectivity index (χ0) is 12.4. The number of benzene rings is 1. The quantitative estimate of drug-likeness (QED) is 0.620. The lowest BCUT2D eigenvalue weighted by atomic mass is 10.1. The molecule has 0 bridgehead atoms. The number of hydrogen-bond acceptors (Lipinski definition) is 2. The number of fused-ring (bicyclic) bond motifs is 1. The van der Waals surface area contributed by atoms with Gasteiger partial charge in [0.05, 0.1) is 11.3 Å². The normalized spacial score (nSPS) is 13.4. The maximum absolute atomic E-state index is 11.8. The van der Waals surface area contributed by atoms with E-state index in [1.807, 2.05) is 6.07 Å². The molecule has 17 heavy (non-hydrogen) atoms. The summed E-state index contributed by atoms with van der Waals surface area (Å²) in [5, 5.41) is 0. The molecule has 0 fully saturated rings. The van der Waals surface area contributed by atoms with Gasteiger partial charge in [-0.15, -0.1) is 11.8 Å². The largest absolute Gasteiger partial charge is 0.304 e. The van der Waals surface area contributed by atoms with Crippen LogP contribution in [0.3, 0.4) is 0 Å². The molecule has 1 aliphatic heterocycles. The third kappa shape index (κ3) is 1.98. The van der Waals surface area contributed by atoms with E-state index in [-0.39, 0.29) is 0 Å². The molecule has 1 amide bonds. The predicted octanol–water partition coefficient (Wildman–Crippen LogP) is 2.39. The monoisotopic (exact) mass is 291 g/mol. The first kappa shape index (κ1) is 11.9. The van der Waals surface area contributed by atoms with Gasteiger partial charge in [0.2, 0.25) is 0 Å². The average Bonchev–Trinajstić information content (AvgIpc) is 2.55. The minimum absolute atomic E-state index is 0.447. The zero-order valence-electron chi connectivity index (χ0n) is 9.29. The van der Waals surface area contributed by atoms with Crippen molar-refractivity contribution in [1.82, 2.24) is 0 Å². The number of nitrogens with zero attached hydrogens (tertiary/aromatic N) is 1. The van der Waals surface area contributed by atoms with Gasteiger partial charge in [0, 0.05) is 17.4 Å². The van der Waals surface area contributed by atoms with Crippen molar-refractivity contribution in [1.29, 1.82) is 0 Å². The molecular weight excluding hydrogens is 282 g/mol. The minimum atomic E-state index is -0.468. The van der Waals surface area contributed by atoms with Crippen molar-refractivity contribution in [2.24, 2.45) is 0 Å². The van der Waals surface area contributed by atoms with Crippen LogP contribution in [0, 0.1) is 11.8 Å². The van der Waals surface area contributed by atoms with Gasteiger partial charge in [-0.1, -0.05) is 6.07 Å². The molecular formula is C13H10BrNO2. The summed E-state index contributed by atoms with van der Waals surface area (Å²) >= 11 is 3.30. The van der Waals surface area contributed by atoms with Crippen molar-refractivity contribution in [2.75, 3.05) is 11.4 Å². The van der Waals surface area contributed by atoms with Gasteiger partial charge in [0.1, 0.15) is 0 Å². The summed E-state index contributed by atoms with van der Waals surface area (Å²) in [7, 11) is 0. The fraction of sp³-hybridized carbons (Fsp3) is 0.231. The van der Waals surface area contributed by atoms with Gasteiger partial charge in [-0.3, -0.25) is 9.59 Å². The van der Waals surface area contributed by atoms with E-state index in [2.05, 4.69) is 27.8 Å². The number of amides is 1. The van der Waals surface area contributed by atoms with E-state index in [9.17, 15) is 9.59 Å². The number of halogens is 1. The highest BCUT2D eigenvalue weighted by Gasteiger charge is 2.36. The zero-order valence-corrected chi connectivity index (χ0v) is 10.9. The average molecular weight is 292 g/mol. The molecule has 0 saturated carbocycles. The summed E-state index contributed by atoms with van der Waals surface area (Å²) in [4.78, 5) is 25.1. The van der Waals surface area contributed by atoms with Crippen LogP contribution in [0.2, 0.25) is 0 Å². The van der Waals surface area contributed by atoms with Gasteiger partial charge in [-0.25, -0.2) is 0 Å². The maximum Gasteiger partial charge on any atom is 0.299 e. The summed E-state index contributed by atoms with van der Waals surface area (Å²) in [5.41, 5.74) is 1.13. The van der Waals surface area contributed by atoms with E-state index >= 15 is 0 Å². The van der Waals surface area contributed by atoms with Crippen LogP contribution in [0.25, 0.3) is 0 Å². The van der Waals surface area contributed by atoms with Crippen molar-refractivity contribution in [3.63, 3.8) is 0 Å². The SMILES string of the molecule is CC#CCCN1C(=O)C(=O)c2c(Br)cccc21. The van der Waals surface area contributed by atoms with Crippen LogP contribution in [-0.2, 0) is 4.79 Å². The van der Waals surface area contributed by atoms with Gasteiger partial charge in [0.15, 0.2) is 0 Å². The highest BCUT2D eigenvalue weighted by atomic mass is 79.9. The Morgan fingerprint density at radius 3 is 2.82 bits per heavy atom. The first-order chi connectivity index (χ1) is 8.16. The predicted molar refractivity (Wildman–Crippen MR) is 68.9 cm³/mol. The van der Waals surface area contributed by atoms with Crippen LogP contribution in [-0.4, -0.2) is 18.2 Å². The Labute approximate surface area is 108 Å². The van der Waals surface area contributed by atoms with Crippen LogP contribution in [0.15, 0.2) is 22.7 Å². The van der Waals surface area contributed by atoms with Crippen LogP contribution in [0.1, 0.15) is 23.7 Å². The first-order valence-electron chi connectivity index (χ1n) is 5.21. The Hall–Kier alpha value is -1.60. The van der Waals surface area contributed by atoms with E-state index in [4.69, 9.17) is 0 Å². The van der Waals surface area contributed by atoms with Crippen LogP contribution in [0.4, 0.5) is 5.69 Å². The molecule has 1 aliphatic rings. The lowest BCUT2D eigenvalue weighted by molar-refractivity contribution is -0.114. The van der Waals surface area contributed by atoms with Crippen molar-refractivity contribution >= 4 is 33.3 Å². The Bertz CT molecular complexity index is 554. The fourth-order valence-electron chi connectivity index (χ4n) is 1.82. The molecule has 4 heteroatoms. The van der Waals surface area contributed by atoms with Gasteiger partial charge in [-0.2, -0.15) is 0 Å². The molecule has 1 aromatic rings. The number of anilines is 1. The molecule has 0 radical (unpaired) electrons. The smallest absolute Gasteiger partial charge is 0.299 e. The van der Waals surface area contributed by atoms with Gasteiger partial charge in [-0.05, 0) is 35.0 Å². The topological polar surface area (TPSA) is 37.4 Å². The molecule has 0 atom stereocenters. The van der Waals surface area contributed by atoms with Gasteiger partial charge < -0.3 is 4.90 Å². The maximum atomic E-state index is 11.8. The molecule has 0 aliphatic carbocycles. The molecule has 0 aromatic heterocycles. The minimum Gasteiger partial charge on any atom is -0.304 e. The summed E-state index contributed by atoms with van der Waals surface area (Å²) in [5.74, 6) is 4.74. The molecule has 0 spiro atoms. The third-order valence-electron chi connectivity index (χ3n) is 2.59. The second kappa shape index (κ2) is 4.72. The van der Waals surface area contributed by atoms with E-state index in [0.717, 1.165) is 0 Å². The Balaban J connectivity index is 2.37. The summed E-state index contributed by atoms with van der Waals surface area (Å²) < 4.78 is 0.664. The number of rotatable bonds is 2. The van der Waals surface area contributed by atoms with Crippen molar-refractivity contribution in [3.05, 3.63) is 28.2 Å². The van der Waals surface area contributed by atoms with E-state index in [1.165, 1.54) is 4.90 Å². The number of carbonyl (C=O) groups is 2. The summed E-state index contributed by atoms with van der Waals surface area (Å²) in [6.07, 6.45) is 0.571. The first-order valence-corrected chi connectivity index (χ1v) is 6.00. The molecule has 3 nitrogen and oxygen atoms in total. The standard InChI is InChI=1S/C13H10BrNO2/c1-2-3-4-8-15-10-7-5-6-9(14)11(10)12(16)13(15)17/h5-7H,4,8H2,1H3. The van der Waals surface area contributed by atoms with E-state index in [1.54, 1.807) is 19.1 Å². The molecule has 86 valence electrons. The summed E-state index contributed by atoms with van der Waals surface area (Å²) in [6, 6.07) is 5.36. The Morgan fingerprint density at radius 2 is 2.12 bits per heavy atom.